The maximum absolute atomic E-state index is 13.7. The van der Waals surface area contributed by atoms with Gasteiger partial charge in [0.15, 0.2) is 0 Å². The minimum Gasteiger partial charge on any atom is -0.497 e. The highest BCUT2D eigenvalue weighted by molar-refractivity contribution is 6.84. The van der Waals surface area contributed by atoms with E-state index in [-0.39, 0.29) is 18.0 Å². The summed E-state index contributed by atoms with van der Waals surface area (Å²) in [6, 6.07) is 16.5. The van der Waals surface area contributed by atoms with Gasteiger partial charge in [-0.05, 0) is 65.8 Å². The molecule has 0 saturated heterocycles. The van der Waals surface area contributed by atoms with E-state index in [1.165, 1.54) is 5.56 Å². The molecular formula is C29H34N2O2Si. The number of rotatable bonds is 5. The van der Waals surface area contributed by atoms with Crippen molar-refractivity contribution in [3.63, 3.8) is 0 Å². The molecule has 0 saturated carbocycles. The quantitative estimate of drug-likeness (QED) is 0.331. The van der Waals surface area contributed by atoms with Crippen molar-refractivity contribution in [2.24, 2.45) is 0 Å². The number of carbonyl (C=O) groups excluding carboxylic acids is 1. The number of aromatic nitrogens is 1. The van der Waals surface area contributed by atoms with Gasteiger partial charge in [-0.3, -0.25) is 9.78 Å². The summed E-state index contributed by atoms with van der Waals surface area (Å²) >= 11 is 0. The normalized spacial score (nSPS) is 17.6. The maximum Gasteiger partial charge on any atom is 0.298 e. The van der Waals surface area contributed by atoms with Gasteiger partial charge in [-0.2, -0.15) is 0 Å². The lowest BCUT2D eigenvalue weighted by molar-refractivity contribution is -0.130. The maximum atomic E-state index is 13.7. The van der Waals surface area contributed by atoms with E-state index in [2.05, 4.69) is 84.3 Å². The van der Waals surface area contributed by atoms with Crippen LogP contribution >= 0.6 is 0 Å². The van der Waals surface area contributed by atoms with Crippen LogP contribution in [0.3, 0.4) is 0 Å². The smallest absolute Gasteiger partial charge is 0.298 e. The first kappa shape index (κ1) is 24.0. The van der Waals surface area contributed by atoms with Crippen LogP contribution in [0.25, 0.3) is 10.9 Å². The molecular weight excluding hydrogens is 436 g/mol. The van der Waals surface area contributed by atoms with Gasteiger partial charge in [0, 0.05) is 17.6 Å². The molecule has 4 rings (SSSR count). The van der Waals surface area contributed by atoms with Crippen LogP contribution in [0.15, 0.2) is 54.7 Å². The van der Waals surface area contributed by atoms with Crippen LogP contribution in [0, 0.1) is 11.5 Å². The summed E-state index contributed by atoms with van der Waals surface area (Å²) in [4.78, 5) is 20.3. The van der Waals surface area contributed by atoms with Gasteiger partial charge in [-0.25, -0.2) is 0 Å². The summed E-state index contributed by atoms with van der Waals surface area (Å²) in [6.07, 6.45) is 5.75. The Morgan fingerprint density at radius 3 is 2.74 bits per heavy atom. The fourth-order valence-corrected chi connectivity index (χ4v) is 5.22. The minimum absolute atomic E-state index is 0.0683. The molecule has 1 aromatic heterocycles. The number of ether oxygens (including phenoxy) is 1. The molecule has 0 radical (unpaired) electrons. The first-order valence-electron chi connectivity index (χ1n) is 12.2. The Morgan fingerprint density at radius 1 is 1.18 bits per heavy atom. The molecule has 34 heavy (non-hydrogen) atoms. The van der Waals surface area contributed by atoms with E-state index >= 15 is 0 Å². The summed E-state index contributed by atoms with van der Waals surface area (Å²) in [7, 11) is 0.0171. The van der Waals surface area contributed by atoms with Crippen molar-refractivity contribution in [1.29, 1.82) is 0 Å². The summed E-state index contributed by atoms with van der Waals surface area (Å²) in [5, 5.41) is 1.08. The second-order valence-corrected chi connectivity index (χ2v) is 14.9. The molecule has 2 atom stereocenters. The molecule has 1 aliphatic heterocycles. The number of pyridine rings is 1. The Morgan fingerprint density at radius 2 is 2.00 bits per heavy atom. The zero-order valence-corrected chi connectivity index (χ0v) is 21.9. The van der Waals surface area contributed by atoms with Crippen LogP contribution in [0.1, 0.15) is 48.9 Å². The molecule has 1 amide bonds. The summed E-state index contributed by atoms with van der Waals surface area (Å²) < 4.78 is 5.54. The Kier molecular flexibility index (Phi) is 7.09. The van der Waals surface area contributed by atoms with Gasteiger partial charge in [0.1, 0.15) is 13.8 Å². The first-order valence-corrected chi connectivity index (χ1v) is 15.7. The molecule has 0 fully saturated rings. The van der Waals surface area contributed by atoms with Crippen molar-refractivity contribution in [1.82, 2.24) is 9.88 Å². The van der Waals surface area contributed by atoms with E-state index in [1.54, 1.807) is 7.11 Å². The fraction of sp³-hybridized carbons (Fsp3) is 0.379. The largest absolute Gasteiger partial charge is 0.497 e. The van der Waals surface area contributed by atoms with Crippen LogP contribution in [-0.4, -0.2) is 37.0 Å². The molecule has 1 unspecified atom stereocenters. The number of benzene rings is 2. The Bertz CT molecular complexity index is 1250. The topological polar surface area (TPSA) is 42.4 Å². The lowest BCUT2D eigenvalue weighted by Gasteiger charge is -2.43. The van der Waals surface area contributed by atoms with E-state index < -0.39 is 8.07 Å². The number of methoxy groups -OCH3 is 1. The second kappa shape index (κ2) is 10.0. The summed E-state index contributed by atoms with van der Waals surface area (Å²) in [5.74, 6) is 3.84. The number of nitrogens with zero attached hydrogens (tertiary/aromatic N) is 2. The fourth-order valence-electron chi connectivity index (χ4n) is 4.74. The zero-order valence-electron chi connectivity index (χ0n) is 20.9. The van der Waals surface area contributed by atoms with Crippen LogP contribution in [0.4, 0.5) is 0 Å². The van der Waals surface area contributed by atoms with Gasteiger partial charge in [0.05, 0.1) is 18.7 Å². The van der Waals surface area contributed by atoms with Crippen LogP contribution < -0.4 is 4.74 Å². The number of hydrogen-bond acceptors (Lipinski definition) is 3. The van der Waals surface area contributed by atoms with Gasteiger partial charge in [-0.15, -0.1) is 5.54 Å². The number of unbranched alkanes of at least 4 members (excludes halogenated alkanes) is 1. The van der Waals surface area contributed by atoms with E-state index in [1.807, 2.05) is 18.3 Å². The second-order valence-electron chi connectivity index (χ2n) is 10.1. The molecule has 0 aliphatic carbocycles. The predicted octanol–water partition coefficient (Wildman–Crippen LogP) is 6.16. The van der Waals surface area contributed by atoms with E-state index in [4.69, 9.17) is 4.74 Å². The Balaban J connectivity index is 1.89. The van der Waals surface area contributed by atoms with Gasteiger partial charge < -0.3 is 9.64 Å². The molecule has 2 heterocycles. The molecule has 4 nitrogen and oxygen atoms in total. The molecule has 0 N–H and O–H groups in total. The summed E-state index contributed by atoms with van der Waals surface area (Å²) in [6.45, 7) is 8.72. The van der Waals surface area contributed by atoms with Crippen molar-refractivity contribution in [2.45, 2.75) is 64.3 Å². The van der Waals surface area contributed by atoms with E-state index in [0.717, 1.165) is 53.5 Å². The highest BCUT2D eigenvalue weighted by atomic mass is 28.3. The van der Waals surface area contributed by atoms with Crippen molar-refractivity contribution in [3.05, 3.63) is 71.4 Å². The van der Waals surface area contributed by atoms with Crippen molar-refractivity contribution < 1.29 is 9.53 Å². The van der Waals surface area contributed by atoms with Crippen LogP contribution in [0.5, 0.6) is 5.75 Å². The van der Waals surface area contributed by atoms with Crippen molar-refractivity contribution in [3.8, 4) is 17.2 Å². The molecule has 5 heteroatoms. The molecule has 0 bridgehead atoms. The third kappa shape index (κ3) is 5.18. The molecule has 176 valence electrons. The van der Waals surface area contributed by atoms with Crippen LogP contribution in [-0.2, 0) is 11.2 Å². The highest BCUT2D eigenvalue weighted by Crippen LogP contribution is 2.41. The van der Waals surface area contributed by atoms with E-state index in [0.29, 0.717) is 0 Å². The average Bonchev–Trinajstić information content (AvgIpc) is 2.83. The monoisotopic (exact) mass is 470 g/mol. The third-order valence-electron chi connectivity index (χ3n) is 6.38. The molecule has 2 aromatic carbocycles. The third-order valence-corrected chi connectivity index (χ3v) is 7.26. The standard InChI is InChI=1S/C29H34N2O2Si/c1-6-7-10-24-19-23-20-25(33-2)12-13-26(23)29(31(24)28(32)15-17-34(3,4)5)22-11-14-27-21(18-22)9-8-16-30-27/h8-9,11-14,16,18,20,24,29H,6-7,10,19H2,1-5H3/t24-,29?/m0/s1. The Labute approximate surface area is 204 Å². The van der Waals surface area contributed by atoms with Gasteiger partial charge in [0.25, 0.3) is 5.91 Å². The zero-order chi connectivity index (χ0) is 24.3. The average molecular weight is 471 g/mol. The van der Waals surface area contributed by atoms with Gasteiger partial charge in [-0.1, -0.05) is 57.6 Å². The van der Waals surface area contributed by atoms with Crippen molar-refractivity contribution >= 4 is 24.9 Å². The number of amides is 1. The molecule has 0 spiro atoms. The molecule has 1 aliphatic rings. The predicted molar refractivity (Wildman–Crippen MR) is 142 cm³/mol. The highest BCUT2D eigenvalue weighted by Gasteiger charge is 2.38. The van der Waals surface area contributed by atoms with Gasteiger partial charge >= 0.3 is 0 Å². The lowest BCUT2D eigenvalue weighted by atomic mass is 9.82. The number of fused-ring (bicyclic) bond motifs is 2. The lowest BCUT2D eigenvalue weighted by Crippen LogP contribution is -2.47. The van der Waals surface area contributed by atoms with Crippen molar-refractivity contribution in [2.75, 3.05) is 7.11 Å². The molecule has 3 aromatic rings. The van der Waals surface area contributed by atoms with E-state index in [9.17, 15) is 4.79 Å². The summed E-state index contributed by atoms with van der Waals surface area (Å²) in [5.41, 5.74) is 7.76. The number of hydrogen-bond donors (Lipinski definition) is 0. The minimum atomic E-state index is -1.69. The van der Waals surface area contributed by atoms with Crippen LogP contribution in [0.2, 0.25) is 19.6 Å². The SMILES string of the molecule is CCCC[C@H]1Cc2cc(OC)ccc2C(c2ccc3ncccc3c2)N1C(=O)C#C[Si](C)(C)C. The van der Waals surface area contributed by atoms with Gasteiger partial charge in [0.2, 0.25) is 0 Å². The Hall–Kier alpha value is -3.10. The first-order chi connectivity index (χ1) is 16.3. The number of carbonyl (C=O) groups is 1.